The Kier molecular flexibility index (Phi) is 3.12. The zero-order valence-electron chi connectivity index (χ0n) is 11.3. The Bertz CT molecular complexity index is 594. The molecule has 0 spiro atoms. The first-order valence-corrected chi connectivity index (χ1v) is 6.11. The molecule has 0 heterocycles. The van der Waals surface area contributed by atoms with Crippen LogP contribution in [0.25, 0.3) is 10.8 Å². The first-order valence-electron chi connectivity index (χ1n) is 6.11. The lowest BCUT2D eigenvalue weighted by atomic mass is 9.99. The van der Waals surface area contributed by atoms with E-state index in [2.05, 4.69) is 11.4 Å². The summed E-state index contributed by atoms with van der Waals surface area (Å²) < 4.78 is 0. The van der Waals surface area contributed by atoms with E-state index in [1.807, 2.05) is 58.0 Å². The summed E-state index contributed by atoms with van der Waals surface area (Å²) in [6.07, 6.45) is 0. The summed E-state index contributed by atoms with van der Waals surface area (Å²) in [6.45, 7) is 7.88. The first-order chi connectivity index (χ1) is 8.37. The highest BCUT2D eigenvalue weighted by molar-refractivity contribution is 6.07. The number of hydrogen-bond donors (Lipinski definition) is 1. The maximum atomic E-state index is 12.3. The Hall–Kier alpha value is -1.83. The Balaban J connectivity index is 2.53. The second-order valence-corrected chi connectivity index (χ2v) is 5.62. The molecule has 0 aliphatic heterocycles. The van der Waals surface area contributed by atoms with Gasteiger partial charge in [-0.25, -0.2) is 0 Å². The molecule has 2 heteroatoms. The minimum absolute atomic E-state index is 0.0672. The maximum Gasteiger partial charge on any atom is 0.252 e. The molecule has 0 saturated heterocycles. The van der Waals surface area contributed by atoms with E-state index in [1.54, 1.807) is 0 Å². The highest BCUT2D eigenvalue weighted by Gasteiger charge is 2.17. The van der Waals surface area contributed by atoms with Gasteiger partial charge in [-0.2, -0.15) is 0 Å². The predicted octanol–water partition coefficient (Wildman–Crippen LogP) is 3.48. The lowest BCUT2D eigenvalue weighted by Crippen LogP contribution is -2.40. The van der Waals surface area contributed by atoms with Crippen LogP contribution in [0.15, 0.2) is 30.3 Å². The van der Waals surface area contributed by atoms with Crippen LogP contribution in [0, 0.1) is 13.0 Å². The third kappa shape index (κ3) is 2.70. The highest BCUT2D eigenvalue weighted by atomic mass is 16.1. The Morgan fingerprint density at radius 1 is 1.22 bits per heavy atom. The molecule has 1 amide bonds. The van der Waals surface area contributed by atoms with Gasteiger partial charge in [-0.05, 0) is 50.1 Å². The number of hydrogen-bond acceptors (Lipinski definition) is 1. The number of amides is 1. The van der Waals surface area contributed by atoms with Crippen LogP contribution in [-0.4, -0.2) is 11.4 Å². The molecule has 1 N–H and O–H groups in total. The van der Waals surface area contributed by atoms with Crippen molar-refractivity contribution in [3.05, 3.63) is 47.5 Å². The predicted molar refractivity (Wildman–Crippen MR) is 74.7 cm³/mol. The van der Waals surface area contributed by atoms with E-state index in [4.69, 9.17) is 0 Å². The van der Waals surface area contributed by atoms with Gasteiger partial charge in [-0.3, -0.25) is 4.79 Å². The van der Waals surface area contributed by atoms with Gasteiger partial charge in [0.15, 0.2) is 0 Å². The molecule has 0 aliphatic carbocycles. The molecule has 0 aromatic heterocycles. The van der Waals surface area contributed by atoms with Gasteiger partial charge in [-0.15, -0.1) is 0 Å². The summed E-state index contributed by atoms with van der Waals surface area (Å²) in [4.78, 5) is 12.3. The quantitative estimate of drug-likeness (QED) is 0.812. The monoisotopic (exact) mass is 240 g/mol. The fourth-order valence-electron chi connectivity index (χ4n) is 1.97. The summed E-state index contributed by atoms with van der Waals surface area (Å²) in [6, 6.07) is 13.1. The second-order valence-electron chi connectivity index (χ2n) is 5.62. The van der Waals surface area contributed by atoms with Gasteiger partial charge < -0.3 is 5.32 Å². The second kappa shape index (κ2) is 4.45. The molecule has 2 aromatic carbocycles. The van der Waals surface area contributed by atoms with Crippen LogP contribution < -0.4 is 5.32 Å². The number of carbonyl (C=O) groups excluding carboxylic acids is 1. The molecule has 0 atom stereocenters. The molecule has 1 radical (unpaired) electrons. The minimum Gasteiger partial charge on any atom is -0.347 e. The van der Waals surface area contributed by atoms with Gasteiger partial charge in [0.25, 0.3) is 5.91 Å². The lowest BCUT2D eigenvalue weighted by molar-refractivity contribution is 0.0921. The van der Waals surface area contributed by atoms with Crippen molar-refractivity contribution in [2.75, 3.05) is 0 Å². The van der Waals surface area contributed by atoms with Gasteiger partial charge in [0.1, 0.15) is 0 Å². The fraction of sp³-hybridized carbons (Fsp3) is 0.312. The summed E-state index contributed by atoms with van der Waals surface area (Å²) in [5, 5.41) is 5.01. The number of fused-ring (bicyclic) bond motifs is 1. The molecule has 2 rings (SSSR count). The molecule has 2 nitrogen and oxygen atoms in total. The average molecular weight is 240 g/mol. The zero-order chi connectivity index (χ0) is 13.3. The summed E-state index contributed by atoms with van der Waals surface area (Å²) in [5.74, 6) is -0.0672. The fourth-order valence-corrected chi connectivity index (χ4v) is 1.97. The topological polar surface area (TPSA) is 29.1 Å². The van der Waals surface area contributed by atoms with E-state index in [-0.39, 0.29) is 11.4 Å². The SMILES string of the molecule is Cc1[c]c(C(=O)NC(C)(C)C)c2ccccc2c1. The van der Waals surface area contributed by atoms with Gasteiger partial charge in [0, 0.05) is 5.54 Å². The lowest BCUT2D eigenvalue weighted by Gasteiger charge is -2.21. The normalized spacial score (nSPS) is 11.6. The number of aryl methyl sites for hydroxylation is 1. The van der Waals surface area contributed by atoms with Gasteiger partial charge >= 0.3 is 0 Å². The van der Waals surface area contributed by atoms with E-state index in [0.717, 1.165) is 16.3 Å². The van der Waals surface area contributed by atoms with Gasteiger partial charge in [-0.1, -0.05) is 30.3 Å². The van der Waals surface area contributed by atoms with Crippen molar-refractivity contribution in [3.8, 4) is 0 Å². The zero-order valence-corrected chi connectivity index (χ0v) is 11.3. The van der Waals surface area contributed by atoms with Crippen molar-refractivity contribution >= 4 is 16.7 Å². The molecule has 0 unspecified atom stereocenters. The van der Waals surface area contributed by atoms with E-state index >= 15 is 0 Å². The summed E-state index contributed by atoms with van der Waals surface area (Å²) in [5.41, 5.74) is 1.36. The largest absolute Gasteiger partial charge is 0.347 e. The summed E-state index contributed by atoms with van der Waals surface area (Å²) >= 11 is 0. The molecule has 0 aliphatic rings. The Morgan fingerprint density at radius 2 is 1.89 bits per heavy atom. The van der Waals surface area contributed by atoms with E-state index in [1.165, 1.54) is 0 Å². The van der Waals surface area contributed by atoms with E-state index < -0.39 is 0 Å². The number of rotatable bonds is 1. The van der Waals surface area contributed by atoms with Crippen LogP contribution in [0.3, 0.4) is 0 Å². The van der Waals surface area contributed by atoms with Crippen LogP contribution in [0.4, 0.5) is 0 Å². The van der Waals surface area contributed by atoms with Crippen LogP contribution in [0.5, 0.6) is 0 Å². The van der Waals surface area contributed by atoms with E-state index in [0.29, 0.717) is 5.56 Å². The number of benzene rings is 2. The molecule has 0 bridgehead atoms. The molecular weight excluding hydrogens is 222 g/mol. The van der Waals surface area contributed by atoms with Crippen molar-refractivity contribution in [2.24, 2.45) is 0 Å². The smallest absolute Gasteiger partial charge is 0.252 e. The number of carbonyl (C=O) groups is 1. The van der Waals surface area contributed by atoms with Crippen molar-refractivity contribution in [1.29, 1.82) is 0 Å². The third-order valence-corrected chi connectivity index (χ3v) is 2.64. The Labute approximate surface area is 108 Å². The average Bonchev–Trinajstić information content (AvgIpc) is 2.25. The van der Waals surface area contributed by atoms with Crippen LogP contribution in [-0.2, 0) is 0 Å². The van der Waals surface area contributed by atoms with Gasteiger partial charge in [0.2, 0.25) is 0 Å². The molecule has 18 heavy (non-hydrogen) atoms. The molecule has 93 valence electrons. The summed E-state index contributed by atoms with van der Waals surface area (Å²) in [7, 11) is 0. The standard InChI is InChI=1S/C16H18NO/c1-11-9-12-7-5-6-8-13(12)14(10-11)15(18)17-16(2,3)4/h5-9H,1-4H3,(H,17,18). The van der Waals surface area contributed by atoms with Crippen molar-refractivity contribution in [2.45, 2.75) is 33.2 Å². The third-order valence-electron chi connectivity index (χ3n) is 2.64. The van der Waals surface area contributed by atoms with Gasteiger partial charge in [0.05, 0.1) is 5.56 Å². The molecule has 0 fully saturated rings. The number of nitrogens with one attached hydrogen (secondary N) is 1. The van der Waals surface area contributed by atoms with Crippen LogP contribution in [0.1, 0.15) is 36.7 Å². The molecular formula is C16H18NO. The first kappa shape index (κ1) is 12.6. The highest BCUT2D eigenvalue weighted by Crippen LogP contribution is 2.21. The van der Waals surface area contributed by atoms with Crippen molar-refractivity contribution in [3.63, 3.8) is 0 Å². The Morgan fingerprint density at radius 3 is 2.56 bits per heavy atom. The minimum atomic E-state index is -0.240. The van der Waals surface area contributed by atoms with Crippen molar-refractivity contribution in [1.82, 2.24) is 5.32 Å². The van der Waals surface area contributed by atoms with E-state index in [9.17, 15) is 4.79 Å². The molecule has 2 aromatic rings. The van der Waals surface area contributed by atoms with Crippen LogP contribution >= 0.6 is 0 Å². The maximum absolute atomic E-state index is 12.3. The van der Waals surface area contributed by atoms with Crippen molar-refractivity contribution < 1.29 is 4.79 Å². The molecule has 0 saturated carbocycles. The van der Waals surface area contributed by atoms with Crippen LogP contribution in [0.2, 0.25) is 0 Å².